The first-order valence-electron chi connectivity index (χ1n) is 10.3. The number of benzene rings is 1. The molecular weight excluding hydrogens is 330 g/mol. The van der Waals surface area contributed by atoms with E-state index >= 15 is 0 Å². The molecule has 0 radical (unpaired) electrons. The van der Waals surface area contributed by atoms with Crippen LogP contribution in [0.15, 0.2) is 53.9 Å². The van der Waals surface area contributed by atoms with Crippen LogP contribution in [0.5, 0.6) is 0 Å². The number of hydrogen-bond donors (Lipinski definition) is 0. The Morgan fingerprint density at radius 1 is 1.31 bits per heavy atom. The third-order valence-corrected chi connectivity index (χ3v) is 12.4. The number of anilines is 1. The van der Waals surface area contributed by atoms with Gasteiger partial charge in [0.25, 0.3) is 0 Å². The Hall–Kier alpha value is -1.50. The zero-order valence-corrected chi connectivity index (χ0v) is 18.5. The first-order valence-corrected chi connectivity index (χ1v) is 12.8. The van der Waals surface area contributed by atoms with Crippen molar-refractivity contribution in [2.45, 2.75) is 64.5 Å². The minimum Gasteiger partial charge on any atom is -0.378 e. The molecule has 0 aromatic heterocycles. The van der Waals surface area contributed by atoms with E-state index in [1.165, 1.54) is 31.4 Å². The third-order valence-electron chi connectivity index (χ3n) is 6.64. The van der Waals surface area contributed by atoms with Gasteiger partial charge < -0.3 is 4.90 Å². The molecule has 1 aliphatic rings. The van der Waals surface area contributed by atoms with Crippen molar-refractivity contribution in [3.05, 3.63) is 53.9 Å². The van der Waals surface area contributed by atoms with Crippen LogP contribution < -0.4 is 10.1 Å². The lowest BCUT2D eigenvalue weighted by Crippen LogP contribution is -2.53. The normalized spacial score (nSPS) is 18.9. The minimum atomic E-state index is -1.83. The van der Waals surface area contributed by atoms with Gasteiger partial charge in [-0.15, -0.1) is 5.73 Å². The Kier molecular flexibility index (Phi) is 7.55. The maximum atomic E-state index is 3.73. The lowest BCUT2D eigenvalue weighted by Gasteiger charge is -2.41. The zero-order chi connectivity index (χ0) is 19.2. The van der Waals surface area contributed by atoms with E-state index in [0.717, 1.165) is 24.3 Å². The summed E-state index contributed by atoms with van der Waals surface area (Å²) in [4.78, 5) is 2.30. The number of allylic oxidation sites excluding steroid dienone is 3. The molecule has 1 aliphatic carbocycles. The van der Waals surface area contributed by atoms with E-state index in [1.807, 2.05) is 0 Å². The molecule has 1 aromatic carbocycles. The van der Waals surface area contributed by atoms with Gasteiger partial charge in [0.15, 0.2) is 0 Å². The van der Waals surface area contributed by atoms with Crippen LogP contribution in [0.25, 0.3) is 0 Å². The standard InChI is InChI=1S/C24H37NSi/c1-7-9-10-17-22(8-2)26(6,20(3)21-15-11-12-16-21)24-19-14-13-18-23(24)25(4)5/h9,13-14,17-21H,1,8,10-12,15-16H2,2-6H3. The SMILES string of the molecule is C=C=CCC=C(CC)[Si](C)(c1ccccc1N(C)C)C(C)C1CCCC1. The van der Waals surface area contributed by atoms with E-state index in [9.17, 15) is 0 Å². The highest BCUT2D eigenvalue weighted by molar-refractivity contribution is 6.98. The van der Waals surface area contributed by atoms with Gasteiger partial charge >= 0.3 is 0 Å². The third kappa shape index (κ3) is 4.24. The van der Waals surface area contributed by atoms with E-state index in [2.05, 4.69) is 88.1 Å². The Morgan fingerprint density at radius 2 is 1.96 bits per heavy atom. The van der Waals surface area contributed by atoms with E-state index in [4.69, 9.17) is 0 Å². The summed E-state index contributed by atoms with van der Waals surface area (Å²) in [6, 6.07) is 9.15. The van der Waals surface area contributed by atoms with Gasteiger partial charge in [-0.1, -0.05) is 82.1 Å². The molecule has 1 saturated carbocycles. The molecule has 2 rings (SSSR count). The molecule has 26 heavy (non-hydrogen) atoms. The molecule has 1 nitrogen and oxygen atoms in total. The van der Waals surface area contributed by atoms with Gasteiger partial charge in [-0.3, -0.25) is 0 Å². The molecule has 142 valence electrons. The second-order valence-corrected chi connectivity index (χ2v) is 12.7. The largest absolute Gasteiger partial charge is 0.378 e. The molecular formula is C24H37NSi. The van der Waals surface area contributed by atoms with Crippen LogP contribution >= 0.6 is 0 Å². The topological polar surface area (TPSA) is 3.24 Å². The molecule has 0 aliphatic heterocycles. The molecule has 0 saturated heterocycles. The lowest BCUT2D eigenvalue weighted by molar-refractivity contribution is 0.518. The predicted molar refractivity (Wildman–Crippen MR) is 120 cm³/mol. The monoisotopic (exact) mass is 367 g/mol. The second kappa shape index (κ2) is 9.44. The van der Waals surface area contributed by atoms with Gasteiger partial charge in [-0.05, 0) is 41.6 Å². The molecule has 0 N–H and O–H groups in total. The molecule has 1 aromatic rings. The number of para-hydroxylation sites is 1. The van der Waals surface area contributed by atoms with Crippen LogP contribution in [0, 0.1) is 5.92 Å². The van der Waals surface area contributed by atoms with Gasteiger partial charge in [-0.25, -0.2) is 0 Å². The summed E-state index contributed by atoms with van der Waals surface area (Å²) < 4.78 is 0. The van der Waals surface area contributed by atoms with Crippen LogP contribution in [0.1, 0.15) is 52.4 Å². The number of rotatable bonds is 8. The highest BCUT2D eigenvalue weighted by Gasteiger charge is 2.44. The molecule has 0 heterocycles. The molecule has 0 spiro atoms. The average molecular weight is 368 g/mol. The zero-order valence-electron chi connectivity index (χ0n) is 17.5. The Bertz CT molecular complexity index is 663. The summed E-state index contributed by atoms with van der Waals surface area (Å²) in [5, 5.41) is 3.30. The lowest BCUT2D eigenvalue weighted by atomic mass is 10.1. The van der Waals surface area contributed by atoms with Crippen molar-refractivity contribution in [3.8, 4) is 0 Å². The molecule has 1 fully saturated rings. The van der Waals surface area contributed by atoms with E-state index < -0.39 is 8.07 Å². The van der Waals surface area contributed by atoms with Crippen molar-refractivity contribution < 1.29 is 0 Å². The Labute approximate surface area is 162 Å². The van der Waals surface area contributed by atoms with Crippen molar-refractivity contribution in [1.82, 2.24) is 0 Å². The molecule has 0 bridgehead atoms. The van der Waals surface area contributed by atoms with Crippen molar-refractivity contribution in [3.63, 3.8) is 0 Å². The summed E-state index contributed by atoms with van der Waals surface area (Å²) in [6.45, 7) is 11.3. The molecule has 2 unspecified atom stereocenters. The average Bonchev–Trinajstić information content (AvgIpc) is 3.18. The van der Waals surface area contributed by atoms with Crippen LogP contribution in [-0.4, -0.2) is 22.2 Å². The first-order chi connectivity index (χ1) is 12.5. The van der Waals surface area contributed by atoms with Crippen molar-refractivity contribution in [2.24, 2.45) is 5.92 Å². The summed E-state index contributed by atoms with van der Waals surface area (Å²) in [5.41, 5.74) is 5.12. The fraction of sp³-hybridized carbons (Fsp3) is 0.542. The van der Waals surface area contributed by atoms with E-state index in [0.29, 0.717) is 0 Å². The van der Waals surface area contributed by atoms with Crippen LogP contribution in [0.3, 0.4) is 0 Å². The van der Waals surface area contributed by atoms with Gasteiger partial charge in [0.2, 0.25) is 0 Å². The van der Waals surface area contributed by atoms with Crippen molar-refractivity contribution >= 4 is 18.9 Å². The number of nitrogens with zero attached hydrogens (tertiary/aromatic N) is 1. The Balaban J connectivity index is 2.61. The molecule has 0 amide bonds. The van der Waals surface area contributed by atoms with Gasteiger partial charge in [0.05, 0.1) is 0 Å². The smallest absolute Gasteiger partial charge is 0.115 e. The van der Waals surface area contributed by atoms with Gasteiger partial charge in [-0.2, -0.15) is 0 Å². The second-order valence-electron chi connectivity index (χ2n) is 8.17. The quantitative estimate of drug-likeness (QED) is 0.389. The summed E-state index contributed by atoms with van der Waals surface area (Å²) in [7, 11) is 2.54. The molecule has 2 atom stereocenters. The maximum Gasteiger partial charge on any atom is 0.115 e. The maximum absolute atomic E-state index is 3.73. The Morgan fingerprint density at radius 3 is 2.54 bits per heavy atom. The van der Waals surface area contributed by atoms with Crippen molar-refractivity contribution in [2.75, 3.05) is 19.0 Å². The fourth-order valence-electron chi connectivity index (χ4n) is 4.95. The van der Waals surface area contributed by atoms with E-state index in [-0.39, 0.29) is 0 Å². The summed E-state index contributed by atoms with van der Waals surface area (Å²) in [5.74, 6) is 0.881. The molecule has 2 heteroatoms. The van der Waals surface area contributed by atoms with Crippen LogP contribution in [0.2, 0.25) is 12.1 Å². The fourth-order valence-corrected chi connectivity index (χ4v) is 10.2. The highest BCUT2D eigenvalue weighted by Crippen LogP contribution is 2.44. The first kappa shape index (κ1) is 20.8. The van der Waals surface area contributed by atoms with Crippen molar-refractivity contribution in [1.29, 1.82) is 0 Å². The minimum absolute atomic E-state index is 0.769. The summed E-state index contributed by atoms with van der Waals surface area (Å²) in [6.07, 6.45) is 12.3. The number of hydrogen-bond acceptors (Lipinski definition) is 1. The van der Waals surface area contributed by atoms with E-state index in [1.54, 1.807) is 10.4 Å². The van der Waals surface area contributed by atoms with Gasteiger partial charge in [0.1, 0.15) is 8.07 Å². The van der Waals surface area contributed by atoms with Gasteiger partial charge in [0, 0.05) is 19.8 Å². The highest BCUT2D eigenvalue weighted by atomic mass is 28.3. The van der Waals surface area contributed by atoms with Crippen LogP contribution in [0.4, 0.5) is 5.69 Å². The summed E-state index contributed by atoms with van der Waals surface area (Å²) >= 11 is 0. The van der Waals surface area contributed by atoms with Crippen LogP contribution in [-0.2, 0) is 0 Å². The predicted octanol–water partition coefficient (Wildman–Crippen LogP) is 6.23.